The fourth-order valence-electron chi connectivity index (χ4n) is 8.62. The molecule has 404 valence electrons. The number of imidazole rings is 2. The van der Waals surface area contributed by atoms with Crippen LogP contribution in [0.1, 0.15) is 57.1 Å². The van der Waals surface area contributed by atoms with Crippen molar-refractivity contribution in [2.75, 3.05) is 62.5 Å². The minimum Gasteiger partial charge on any atom is -0.493 e. The third-order valence-electron chi connectivity index (χ3n) is 13.3. The lowest BCUT2D eigenvalue weighted by molar-refractivity contribution is 0.173. The molecule has 10 heterocycles. The van der Waals surface area contributed by atoms with E-state index in [0.29, 0.717) is 25.6 Å². The second-order valence-electron chi connectivity index (χ2n) is 19.1. The van der Waals surface area contributed by atoms with E-state index in [0.717, 1.165) is 111 Å². The summed E-state index contributed by atoms with van der Waals surface area (Å²) in [5.74, 6) is 3.81. The second kappa shape index (κ2) is 27.2. The summed E-state index contributed by atoms with van der Waals surface area (Å²) in [5.41, 5.74) is 11.9. The predicted molar refractivity (Wildman–Crippen MR) is 310 cm³/mol. The molecule has 0 amide bonds. The summed E-state index contributed by atoms with van der Waals surface area (Å²) in [6.45, 7) is 8.88. The molecule has 0 aliphatic carbocycles. The van der Waals surface area contributed by atoms with E-state index in [1.54, 1.807) is 17.3 Å². The molecule has 0 saturated carbocycles. The van der Waals surface area contributed by atoms with Crippen molar-refractivity contribution in [2.24, 2.45) is 14.1 Å². The molecular formula is C59H69ClN16O2. The monoisotopic (exact) mass is 1070 g/mol. The van der Waals surface area contributed by atoms with Crippen molar-refractivity contribution in [3.8, 4) is 56.5 Å². The molecule has 3 N–H and O–H groups in total. The number of anilines is 2. The molecule has 2 aromatic carbocycles. The Hall–Kier alpha value is -8.19. The topological polar surface area (TPSA) is 180 Å². The van der Waals surface area contributed by atoms with Crippen molar-refractivity contribution >= 4 is 34.5 Å². The maximum Gasteiger partial charge on any atom is 0.140 e. The van der Waals surface area contributed by atoms with Crippen molar-refractivity contribution in [3.63, 3.8) is 0 Å². The highest BCUT2D eigenvalue weighted by atomic mass is 35.5. The summed E-state index contributed by atoms with van der Waals surface area (Å²) in [6, 6.07) is 28.6. The molecule has 12 rings (SSSR count). The van der Waals surface area contributed by atoms with Gasteiger partial charge in [-0.05, 0) is 106 Å². The molecule has 2 aliphatic heterocycles. The number of hydrogen-bond acceptors (Lipinski definition) is 14. The molecule has 0 unspecified atom stereocenters. The van der Waals surface area contributed by atoms with Gasteiger partial charge < -0.3 is 30.3 Å². The molecule has 10 aromatic rings. The first kappa shape index (κ1) is 54.6. The molecule has 0 atom stereocenters. The first-order valence-corrected chi connectivity index (χ1v) is 26.9. The van der Waals surface area contributed by atoms with Gasteiger partial charge in [-0.15, -0.1) is 11.6 Å². The van der Waals surface area contributed by atoms with Gasteiger partial charge in [0.2, 0.25) is 0 Å². The summed E-state index contributed by atoms with van der Waals surface area (Å²) in [7, 11) is 3.84. The van der Waals surface area contributed by atoms with Crippen LogP contribution in [0.4, 0.5) is 11.6 Å². The third-order valence-corrected chi connectivity index (χ3v) is 13.6. The minimum atomic E-state index is 0. The highest BCUT2D eigenvalue weighted by Crippen LogP contribution is 2.27. The lowest BCUT2D eigenvalue weighted by Crippen LogP contribution is -2.37. The largest absolute Gasteiger partial charge is 0.493 e. The van der Waals surface area contributed by atoms with Crippen LogP contribution in [0.2, 0.25) is 0 Å². The molecule has 8 aromatic heterocycles. The van der Waals surface area contributed by atoms with Crippen LogP contribution in [0.5, 0.6) is 11.5 Å². The molecule has 0 spiro atoms. The minimum absolute atomic E-state index is 0. The van der Waals surface area contributed by atoms with Crippen molar-refractivity contribution < 1.29 is 9.47 Å². The average Bonchev–Trinajstić information content (AvgIpc) is 4.27. The predicted octanol–water partition coefficient (Wildman–Crippen LogP) is 10.5. The Kier molecular flexibility index (Phi) is 19.1. The van der Waals surface area contributed by atoms with E-state index >= 15 is 0 Å². The lowest BCUT2D eigenvalue weighted by atomic mass is 10.1. The average molecular weight is 1070 g/mol. The fourth-order valence-corrected chi connectivity index (χ4v) is 8.81. The summed E-state index contributed by atoms with van der Waals surface area (Å²) >= 11 is 5.73. The number of alkyl halides is 1. The van der Waals surface area contributed by atoms with Crippen LogP contribution in [0, 0.1) is 0 Å². The van der Waals surface area contributed by atoms with E-state index in [4.69, 9.17) is 21.1 Å². The number of rotatable bonds is 21. The number of pyridine rings is 2. The highest BCUT2D eigenvalue weighted by molar-refractivity contribution is 6.17. The van der Waals surface area contributed by atoms with Gasteiger partial charge >= 0.3 is 0 Å². The fraction of sp³-hybridized carbons (Fsp3) is 0.322. The zero-order valence-corrected chi connectivity index (χ0v) is 44.4. The number of nitrogens with zero attached hydrogens (tertiary/aromatic N) is 13. The maximum absolute atomic E-state index is 5.98. The number of hydrogen-bond donors (Lipinski definition) is 3. The Morgan fingerprint density at radius 2 is 1.03 bits per heavy atom. The van der Waals surface area contributed by atoms with Crippen LogP contribution in [-0.4, -0.2) is 115 Å². The number of aromatic nitrogens is 12. The van der Waals surface area contributed by atoms with E-state index in [2.05, 4.69) is 109 Å². The van der Waals surface area contributed by atoms with Gasteiger partial charge in [0.25, 0.3) is 0 Å². The maximum atomic E-state index is 5.98. The first-order chi connectivity index (χ1) is 37.9. The third kappa shape index (κ3) is 14.6. The first-order valence-electron chi connectivity index (χ1n) is 26.4. The molecule has 0 radical (unpaired) electrons. The van der Waals surface area contributed by atoms with E-state index in [-0.39, 0.29) is 7.43 Å². The zero-order valence-electron chi connectivity index (χ0n) is 43.7. The number of fused-ring (bicyclic) bond motifs is 2. The Balaban J connectivity index is 0.000000175. The van der Waals surface area contributed by atoms with Gasteiger partial charge in [-0.25, -0.2) is 29.9 Å². The quantitative estimate of drug-likeness (QED) is 0.0457. The number of likely N-dealkylation sites (tertiary alicyclic amines) is 1. The normalized spacial score (nSPS) is 12.8. The molecule has 2 saturated heterocycles. The number of halogens is 1. The summed E-state index contributed by atoms with van der Waals surface area (Å²) < 4.78 is 19.4. The molecule has 2 fully saturated rings. The number of nitrogens with one attached hydrogen (secondary N) is 3. The Labute approximate surface area is 460 Å². The Morgan fingerprint density at radius 1 is 0.551 bits per heavy atom. The van der Waals surface area contributed by atoms with Crippen LogP contribution >= 0.6 is 11.6 Å². The van der Waals surface area contributed by atoms with Gasteiger partial charge in [0.05, 0.1) is 60.8 Å². The van der Waals surface area contributed by atoms with Gasteiger partial charge in [0.15, 0.2) is 0 Å². The van der Waals surface area contributed by atoms with Gasteiger partial charge in [-0.3, -0.25) is 18.2 Å². The van der Waals surface area contributed by atoms with Crippen molar-refractivity contribution in [1.82, 2.24) is 68.5 Å². The van der Waals surface area contributed by atoms with E-state index in [9.17, 15) is 0 Å². The van der Waals surface area contributed by atoms with Crippen molar-refractivity contribution in [1.29, 1.82) is 0 Å². The summed E-state index contributed by atoms with van der Waals surface area (Å²) in [5, 5.41) is 18.4. The standard InChI is InChI=1S/C29H32N8O.C26H26ClN7O.C3H7N.CH4/c1-35-20-24(18-34-35)23-7-5-22(6-8-23)17-30-28-16-26(32-21-33-28)27-19-31-29-15-25(9-13-37(27)29)38-14-3-2-10-36-11-4-12-36;1-33-17-21(15-32-33)20-6-4-19(5-7-20)14-28-25-13-23(30-18-31-25)24-16-29-26-12-22(8-10-34(24)26)35-11-3-2-9-27;1-2-4-3-1;/h5-9,13,15-16,18-21H,2-4,10-12,14,17H2,1H3,(H,30,32,33);4-8,10,12-13,15-18H,2-3,9,11,14H2,1H3,(H,28,30,31);4H,1-3H2;1H4. The summed E-state index contributed by atoms with van der Waals surface area (Å²) in [4.78, 5) is 29.4. The molecule has 2 aliphatic rings. The number of aryl methyl sites for hydroxylation is 2. The van der Waals surface area contributed by atoms with Gasteiger partial charge in [-0.1, -0.05) is 56.0 Å². The van der Waals surface area contributed by atoms with Gasteiger partial charge in [0, 0.05) is 93.2 Å². The van der Waals surface area contributed by atoms with Gasteiger partial charge in [0.1, 0.15) is 47.1 Å². The SMILES string of the molecule is C.C1CNC1.Cn1cc(-c2ccc(CNc3cc(-c4cnc5cc(OCCCCCl)ccn45)ncn3)cc2)cn1.Cn1cc(-c2ccc(CNc3cc(-c4cnc5cc(OCCCCN6CCC6)ccn45)ncn3)cc2)cn1. The van der Waals surface area contributed by atoms with E-state index in [1.807, 2.05) is 114 Å². The van der Waals surface area contributed by atoms with Crippen LogP contribution in [0.3, 0.4) is 0 Å². The summed E-state index contributed by atoms with van der Waals surface area (Å²) in [6.07, 6.45) is 25.4. The number of benzene rings is 2. The van der Waals surface area contributed by atoms with E-state index < -0.39 is 0 Å². The van der Waals surface area contributed by atoms with Crippen LogP contribution in [-0.2, 0) is 27.2 Å². The molecule has 0 bridgehead atoms. The van der Waals surface area contributed by atoms with Crippen LogP contribution in [0.15, 0.2) is 147 Å². The van der Waals surface area contributed by atoms with Crippen LogP contribution in [0.25, 0.3) is 56.3 Å². The zero-order chi connectivity index (χ0) is 52.6. The Bertz CT molecular complexity index is 3430. The van der Waals surface area contributed by atoms with Crippen LogP contribution < -0.4 is 25.4 Å². The number of ether oxygens (including phenoxy) is 2. The molecule has 18 nitrogen and oxygen atoms in total. The number of unbranched alkanes of at least 4 members (excludes halogenated alkanes) is 2. The lowest BCUT2D eigenvalue weighted by Gasteiger charge is -2.30. The van der Waals surface area contributed by atoms with Gasteiger partial charge in [-0.2, -0.15) is 10.2 Å². The van der Waals surface area contributed by atoms with Crippen molar-refractivity contribution in [3.05, 3.63) is 158 Å². The smallest absolute Gasteiger partial charge is 0.140 e. The molecule has 78 heavy (non-hydrogen) atoms. The van der Waals surface area contributed by atoms with Crippen molar-refractivity contribution in [2.45, 2.75) is 59.0 Å². The second-order valence-corrected chi connectivity index (χ2v) is 19.4. The van der Waals surface area contributed by atoms with E-state index in [1.165, 1.54) is 57.5 Å². The molecular weight excluding hydrogens is 1000 g/mol. The Morgan fingerprint density at radius 3 is 1.44 bits per heavy atom. The molecule has 19 heteroatoms. The highest BCUT2D eigenvalue weighted by Gasteiger charge is 2.14.